The molecule has 0 saturated carbocycles. The number of alkyl halides is 1. The molecular formula is C19H23BrO. The molecule has 2 aromatic rings. The fourth-order valence-corrected chi connectivity index (χ4v) is 3.77. The Hall–Kier alpha value is -1.28. The van der Waals surface area contributed by atoms with E-state index >= 15 is 0 Å². The molecule has 0 fully saturated rings. The molecule has 0 heterocycles. The molecule has 1 atom stereocenters. The van der Waals surface area contributed by atoms with Gasteiger partial charge in [0.05, 0.1) is 7.11 Å². The molecule has 0 radical (unpaired) electrons. The average molecular weight is 347 g/mol. The quantitative estimate of drug-likeness (QED) is 0.645. The van der Waals surface area contributed by atoms with Gasteiger partial charge < -0.3 is 4.74 Å². The first-order valence-electron chi connectivity index (χ1n) is 7.40. The van der Waals surface area contributed by atoms with Crippen LogP contribution in [0.3, 0.4) is 0 Å². The molecule has 21 heavy (non-hydrogen) atoms. The maximum absolute atomic E-state index is 5.56. The molecule has 0 amide bonds. The molecular weight excluding hydrogens is 324 g/mol. The lowest BCUT2D eigenvalue weighted by atomic mass is 9.75. The van der Waals surface area contributed by atoms with Gasteiger partial charge in [-0.05, 0) is 37.0 Å². The van der Waals surface area contributed by atoms with Gasteiger partial charge in [-0.25, -0.2) is 0 Å². The third-order valence-corrected chi connectivity index (χ3v) is 5.36. The number of halogens is 1. The number of benzene rings is 2. The van der Waals surface area contributed by atoms with Crippen LogP contribution >= 0.6 is 15.9 Å². The van der Waals surface area contributed by atoms with E-state index in [0.29, 0.717) is 0 Å². The van der Waals surface area contributed by atoms with Crippen LogP contribution in [-0.2, 0) is 11.8 Å². The van der Waals surface area contributed by atoms with Crippen molar-refractivity contribution in [3.05, 3.63) is 65.2 Å². The van der Waals surface area contributed by atoms with Crippen LogP contribution in [0.2, 0.25) is 0 Å². The molecule has 0 aliphatic heterocycles. The van der Waals surface area contributed by atoms with Crippen LogP contribution in [0.4, 0.5) is 0 Å². The third-order valence-electron chi connectivity index (χ3n) is 4.28. The lowest BCUT2D eigenvalue weighted by Gasteiger charge is -2.32. The highest BCUT2D eigenvalue weighted by Crippen LogP contribution is 2.36. The molecule has 2 aromatic carbocycles. The lowest BCUT2D eigenvalue weighted by Crippen LogP contribution is -2.30. The van der Waals surface area contributed by atoms with Crippen molar-refractivity contribution in [3.8, 4) is 5.75 Å². The van der Waals surface area contributed by atoms with E-state index < -0.39 is 0 Å². The van der Waals surface area contributed by atoms with E-state index in [4.69, 9.17) is 4.74 Å². The zero-order valence-electron chi connectivity index (χ0n) is 13.0. The highest BCUT2D eigenvalue weighted by Gasteiger charge is 2.30. The Kier molecular flexibility index (Phi) is 5.46. The topological polar surface area (TPSA) is 9.23 Å². The van der Waals surface area contributed by atoms with Crippen molar-refractivity contribution in [3.63, 3.8) is 0 Å². The second-order valence-corrected chi connectivity index (χ2v) is 6.19. The van der Waals surface area contributed by atoms with Crippen LogP contribution in [-0.4, -0.2) is 12.4 Å². The fraction of sp³-hybridized carbons (Fsp3) is 0.368. The lowest BCUT2D eigenvalue weighted by molar-refractivity contribution is 0.396. The fourth-order valence-electron chi connectivity index (χ4n) is 2.85. The largest absolute Gasteiger partial charge is 0.496 e. The first-order chi connectivity index (χ1) is 10.1. The Morgan fingerprint density at radius 3 is 2.38 bits per heavy atom. The van der Waals surface area contributed by atoms with Crippen molar-refractivity contribution in [2.45, 2.75) is 32.1 Å². The SMILES string of the molecule is CCC(CBr)(Cc1cc(C)ccc1OC)c1ccccc1. The van der Waals surface area contributed by atoms with E-state index in [9.17, 15) is 0 Å². The molecule has 2 rings (SSSR count). The third kappa shape index (κ3) is 3.49. The molecule has 1 nitrogen and oxygen atoms in total. The molecule has 0 N–H and O–H groups in total. The number of hydrogen-bond acceptors (Lipinski definition) is 1. The number of methoxy groups -OCH3 is 1. The van der Waals surface area contributed by atoms with Crippen molar-refractivity contribution >= 4 is 15.9 Å². The molecule has 112 valence electrons. The van der Waals surface area contributed by atoms with E-state index in [1.165, 1.54) is 16.7 Å². The highest BCUT2D eigenvalue weighted by atomic mass is 79.9. The normalized spacial score (nSPS) is 13.7. The summed E-state index contributed by atoms with van der Waals surface area (Å²) >= 11 is 3.75. The Bertz CT molecular complexity index is 573. The van der Waals surface area contributed by atoms with E-state index in [2.05, 4.69) is 78.3 Å². The van der Waals surface area contributed by atoms with Crippen molar-refractivity contribution in [1.82, 2.24) is 0 Å². The van der Waals surface area contributed by atoms with Gasteiger partial charge in [-0.15, -0.1) is 0 Å². The van der Waals surface area contributed by atoms with Crippen LogP contribution in [0.25, 0.3) is 0 Å². The molecule has 0 aliphatic rings. The van der Waals surface area contributed by atoms with Gasteiger partial charge in [-0.1, -0.05) is 70.9 Å². The first kappa shape index (κ1) is 16.1. The van der Waals surface area contributed by atoms with Gasteiger partial charge in [0.2, 0.25) is 0 Å². The van der Waals surface area contributed by atoms with E-state index in [0.717, 1.165) is 23.9 Å². The summed E-state index contributed by atoms with van der Waals surface area (Å²) in [6.07, 6.45) is 2.06. The number of ether oxygens (including phenoxy) is 1. The number of aryl methyl sites for hydroxylation is 1. The van der Waals surface area contributed by atoms with E-state index in [1.807, 2.05) is 0 Å². The van der Waals surface area contributed by atoms with Gasteiger partial charge in [-0.2, -0.15) is 0 Å². The Balaban J connectivity index is 2.44. The highest BCUT2D eigenvalue weighted by molar-refractivity contribution is 9.09. The Morgan fingerprint density at radius 1 is 1.10 bits per heavy atom. The molecule has 0 aromatic heterocycles. The van der Waals surface area contributed by atoms with Crippen molar-refractivity contribution in [1.29, 1.82) is 0 Å². The maximum atomic E-state index is 5.56. The molecule has 0 spiro atoms. The van der Waals surface area contributed by atoms with Crippen LogP contribution in [0.1, 0.15) is 30.0 Å². The zero-order valence-corrected chi connectivity index (χ0v) is 14.6. The second-order valence-electron chi connectivity index (χ2n) is 5.63. The summed E-state index contributed by atoms with van der Waals surface area (Å²) < 4.78 is 5.56. The summed E-state index contributed by atoms with van der Waals surface area (Å²) in [5, 5.41) is 0.942. The van der Waals surface area contributed by atoms with Crippen LogP contribution in [0, 0.1) is 6.92 Å². The van der Waals surface area contributed by atoms with E-state index in [-0.39, 0.29) is 5.41 Å². The van der Waals surface area contributed by atoms with Crippen molar-refractivity contribution in [2.24, 2.45) is 0 Å². The molecule has 0 saturated heterocycles. The second kappa shape index (κ2) is 7.13. The van der Waals surface area contributed by atoms with Gasteiger partial charge in [0.15, 0.2) is 0 Å². The minimum Gasteiger partial charge on any atom is -0.496 e. The summed E-state index contributed by atoms with van der Waals surface area (Å²) in [5.74, 6) is 0.982. The van der Waals surface area contributed by atoms with Crippen molar-refractivity contribution < 1.29 is 4.74 Å². The van der Waals surface area contributed by atoms with Gasteiger partial charge in [-0.3, -0.25) is 0 Å². The van der Waals surface area contributed by atoms with Gasteiger partial charge in [0.1, 0.15) is 5.75 Å². The Morgan fingerprint density at radius 2 is 1.81 bits per heavy atom. The smallest absolute Gasteiger partial charge is 0.122 e. The van der Waals surface area contributed by atoms with Crippen molar-refractivity contribution in [2.75, 3.05) is 12.4 Å². The summed E-state index contributed by atoms with van der Waals surface area (Å²) in [7, 11) is 1.75. The molecule has 1 unspecified atom stereocenters. The number of rotatable bonds is 6. The summed E-state index contributed by atoms with van der Waals surface area (Å²) in [6.45, 7) is 4.39. The minimum atomic E-state index is 0.0995. The van der Waals surface area contributed by atoms with Crippen LogP contribution in [0.5, 0.6) is 5.75 Å². The summed E-state index contributed by atoms with van der Waals surface area (Å²) in [5.41, 5.74) is 4.04. The summed E-state index contributed by atoms with van der Waals surface area (Å²) in [4.78, 5) is 0. The molecule has 0 aliphatic carbocycles. The van der Waals surface area contributed by atoms with Crippen LogP contribution in [0.15, 0.2) is 48.5 Å². The predicted molar refractivity (Wildman–Crippen MR) is 93.6 cm³/mol. The van der Waals surface area contributed by atoms with Crippen LogP contribution < -0.4 is 4.74 Å². The predicted octanol–water partition coefficient (Wildman–Crippen LogP) is 5.29. The van der Waals surface area contributed by atoms with Gasteiger partial charge in [0, 0.05) is 10.7 Å². The first-order valence-corrected chi connectivity index (χ1v) is 8.52. The molecule has 0 bridgehead atoms. The summed E-state index contributed by atoms with van der Waals surface area (Å²) in [6, 6.07) is 17.2. The molecule has 2 heteroatoms. The number of hydrogen-bond donors (Lipinski definition) is 0. The standard InChI is InChI=1S/C19H23BrO/c1-4-19(14-20,17-8-6-5-7-9-17)13-16-12-15(2)10-11-18(16)21-3/h5-12H,4,13-14H2,1-3H3. The monoisotopic (exact) mass is 346 g/mol. The maximum Gasteiger partial charge on any atom is 0.122 e. The van der Waals surface area contributed by atoms with Gasteiger partial charge in [0.25, 0.3) is 0 Å². The van der Waals surface area contributed by atoms with E-state index in [1.54, 1.807) is 7.11 Å². The van der Waals surface area contributed by atoms with Gasteiger partial charge >= 0.3 is 0 Å². The zero-order chi connectivity index (χ0) is 15.3. The minimum absolute atomic E-state index is 0.0995. The average Bonchev–Trinajstić information content (AvgIpc) is 2.54. The Labute approximate surface area is 136 Å².